The third kappa shape index (κ3) is 5.84. The molecule has 8 nitrogen and oxygen atoms in total. The molecule has 0 bridgehead atoms. The Hall–Kier alpha value is -4.21. The van der Waals surface area contributed by atoms with Gasteiger partial charge in [-0.25, -0.2) is 19.6 Å². The highest BCUT2D eigenvalue weighted by molar-refractivity contribution is 5.92. The van der Waals surface area contributed by atoms with Crippen LogP contribution in [0.2, 0.25) is 0 Å². The molecule has 0 aliphatic rings. The van der Waals surface area contributed by atoms with Crippen molar-refractivity contribution in [2.24, 2.45) is 0 Å². The molecular formula is C25H24F2N6O2. The molecule has 4 rings (SSSR count). The summed E-state index contributed by atoms with van der Waals surface area (Å²) in [6.07, 6.45) is 6.79. The van der Waals surface area contributed by atoms with Crippen LogP contribution in [-0.4, -0.2) is 37.7 Å². The molecular weight excluding hydrogens is 454 g/mol. The highest BCUT2D eigenvalue weighted by atomic mass is 19.3. The van der Waals surface area contributed by atoms with E-state index in [1.165, 1.54) is 6.20 Å². The fraction of sp³-hybridized carbons (Fsp3) is 0.240. The average molecular weight is 479 g/mol. The van der Waals surface area contributed by atoms with Crippen molar-refractivity contribution in [3.63, 3.8) is 0 Å². The van der Waals surface area contributed by atoms with Gasteiger partial charge in [-0.2, -0.15) is 13.9 Å². The van der Waals surface area contributed by atoms with Crippen LogP contribution in [0, 0.1) is 13.8 Å². The molecule has 4 aromatic rings. The van der Waals surface area contributed by atoms with Crippen LogP contribution < -0.4 is 10.1 Å². The van der Waals surface area contributed by atoms with Crippen molar-refractivity contribution in [3.8, 4) is 17.0 Å². The summed E-state index contributed by atoms with van der Waals surface area (Å²) < 4.78 is 31.4. The fourth-order valence-electron chi connectivity index (χ4n) is 3.61. The zero-order valence-electron chi connectivity index (χ0n) is 19.5. The van der Waals surface area contributed by atoms with E-state index in [-0.39, 0.29) is 12.3 Å². The Morgan fingerprint density at radius 3 is 2.37 bits per heavy atom. The molecule has 0 aliphatic heterocycles. The summed E-state index contributed by atoms with van der Waals surface area (Å²) in [7, 11) is 1.55. The average Bonchev–Trinajstić information content (AvgIpc) is 3.21. The minimum atomic E-state index is -2.68. The Kier molecular flexibility index (Phi) is 7.09. The molecule has 1 aromatic carbocycles. The molecule has 0 saturated heterocycles. The molecule has 35 heavy (non-hydrogen) atoms. The van der Waals surface area contributed by atoms with Crippen LogP contribution in [-0.2, 0) is 17.6 Å². The minimum Gasteiger partial charge on any atom is -0.481 e. The van der Waals surface area contributed by atoms with E-state index >= 15 is 0 Å². The number of carbonyl (C=O) groups excluding carboxylic acids is 1. The molecule has 0 radical (unpaired) electrons. The molecule has 0 spiro atoms. The van der Waals surface area contributed by atoms with Crippen molar-refractivity contribution >= 4 is 11.6 Å². The van der Waals surface area contributed by atoms with Crippen molar-refractivity contribution in [1.29, 1.82) is 0 Å². The van der Waals surface area contributed by atoms with Crippen molar-refractivity contribution in [3.05, 3.63) is 83.3 Å². The fourth-order valence-corrected chi connectivity index (χ4v) is 3.61. The number of halogens is 2. The Morgan fingerprint density at radius 1 is 1.06 bits per heavy atom. The number of alkyl halides is 2. The minimum absolute atomic E-state index is 0.151. The van der Waals surface area contributed by atoms with Gasteiger partial charge < -0.3 is 10.1 Å². The number of anilines is 1. The highest BCUT2D eigenvalue weighted by Gasteiger charge is 2.13. The first-order valence-electron chi connectivity index (χ1n) is 10.9. The first-order valence-corrected chi connectivity index (χ1v) is 10.9. The second-order valence-electron chi connectivity index (χ2n) is 8.03. The number of benzene rings is 1. The van der Waals surface area contributed by atoms with Gasteiger partial charge in [0.05, 0.1) is 31.1 Å². The van der Waals surface area contributed by atoms with E-state index in [0.29, 0.717) is 39.8 Å². The van der Waals surface area contributed by atoms with Crippen molar-refractivity contribution in [1.82, 2.24) is 24.7 Å². The predicted molar refractivity (Wildman–Crippen MR) is 126 cm³/mol. The van der Waals surface area contributed by atoms with Gasteiger partial charge in [0.1, 0.15) is 5.82 Å². The number of rotatable bonds is 8. The number of hydrogen-bond acceptors (Lipinski definition) is 6. The maximum absolute atomic E-state index is 12.8. The number of aromatic nitrogens is 5. The molecule has 1 N–H and O–H groups in total. The number of ether oxygens (including phenoxy) is 1. The van der Waals surface area contributed by atoms with E-state index in [2.05, 4.69) is 25.4 Å². The first-order chi connectivity index (χ1) is 16.8. The number of nitrogens with zero attached hydrogens (tertiary/aromatic N) is 5. The smallest absolute Gasteiger partial charge is 0.333 e. The number of nitrogens with one attached hydrogen (secondary N) is 1. The molecule has 1 amide bonds. The summed E-state index contributed by atoms with van der Waals surface area (Å²) >= 11 is 0. The summed E-state index contributed by atoms with van der Waals surface area (Å²) in [4.78, 5) is 25.3. The van der Waals surface area contributed by atoms with Crippen LogP contribution in [0.15, 0.2) is 55.1 Å². The number of amides is 1. The summed E-state index contributed by atoms with van der Waals surface area (Å²) in [6.45, 7) is 0.862. The first kappa shape index (κ1) is 23.9. The maximum Gasteiger partial charge on any atom is 0.333 e. The summed E-state index contributed by atoms with van der Waals surface area (Å²) in [5.74, 6) is 0.887. The summed E-state index contributed by atoms with van der Waals surface area (Å²) in [6, 6.07) is 9.36. The van der Waals surface area contributed by atoms with Gasteiger partial charge in [-0.15, -0.1) is 0 Å². The quantitative estimate of drug-likeness (QED) is 0.400. The van der Waals surface area contributed by atoms with Gasteiger partial charge in [0.25, 0.3) is 0 Å². The van der Waals surface area contributed by atoms with Crippen molar-refractivity contribution in [2.75, 3.05) is 12.4 Å². The highest BCUT2D eigenvalue weighted by Crippen LogP contribution is 2.21. The van der Waals surface area contributed by atoms with Gasteiger partial charge >= 0.3 is 6.55 Å². The molecule has 10 heteroatoms. The normalized spacial score (nSPS) is 11.0. The molecule has 180 valence electrons. The van der Waals surface area contributed by atoms with Gasteiger partial charge in [-0.05, 0) is 31.0 Å². The third-order valence-electron chi connectivity index (χ3n) is 5.43. The Labute approximate surface area is 201 Å². The maximum atomic E-state index is 12.8. The topological polar surface area (TPSA) is 94.8 Å². The van der Waals surface area contributed by atoms with Crippen LogP contribution in [0.5, 0.6) is 5.88 Å². The van der Waals surface area contributed by atoms with E-state index in [0.717, 1.165) is 22.3 Å². The SMILES string of the molecule is COc1ncc(NC(=O)Cc2ccc(-c3cnc(Cc4cn(C(F)F)nc4C)nc3)cc2)cc1C. The zero-order chi connectivity index (χ0) is 24.9. The molecule has 0 saturated carbocycles. The lowest BCUT2D eigenvalue weighted by Crippen LogP contribution is -2.14. The number of pyridine rings is 1. The van der Waals surface area contributed by atoms with Crippen LogP contribution >= 0.6 is 0 Å². The van der Waals surface area contributed by atoms with Gasteiger partial charge in [-0.3, -0.25) is 4.79 Å². The lowest BCUT2D eigenvalue weighted by atomic mass is 10.0. The Bertz CT molecular complexity index is 1320. The van der Waals surface area contributed by atoms with Crippen LogP contribution in [0.3, 0.4) is 0 Å². The van der Waals surface area contributed by atoms with Gasteiger partial charge in [0.2, 0.25) is 11.8 Å². The standard InChI is InChI=1S/C25H24F2N6O2/c1-15-8-21(13-30-24(15)35-3)31-23(34)9-17-4-6-18(7-5-17)20-11-28-22(29-12-20)10-19-14-33(25(26)27)32-16(19)2/h4-8,11-14,25H,9-10H2,1-3H3,(H,31,34). The predicted octanol–water partition coefficient (Wildman–Crippen LogP) is 4.53. The molecule has 3 aromatic heterocycles. The largest absolute Gasteiger partial charge is 0.481 e. The number of carbonyl (C=O) groups is 1. The second-order valence-corrected chi connectivity index (χ2v) is 8.03. The monoisotopic (exact) mass is 478 g/mol. The van der Waals surface area contributed by atoms with Crippen LogP contribution in [0.4, 0.5) is 14.5 Å². The summed E-state index contributed by atoms with van der Waals surface area (Å²) in [5.41, 5.74) is 5.19. The second kappa shape index (κ2) is 10.4. The Morgan fingerprint density at radius 2 is 1.77 bits per heavy atom. The lowest BCUT2D eigenvalue weighted by Gasteiger charge is -2.09. The van der Waals surface area contributed by atoms with Crippen LogP contribution in [0.1, 0.15) is 34.8 Å². The molecule has 0 fully saturated rings. The molecule has 0 unspecified atom stereocenters. The van der Waals surface area contributed by atoms with E-state index in [1.54, 1.807) is 32.6 Å². The number of hydrogen-bond donors (Lipinski definition) is 1. The molecule has 0 aliphatic carbocycles. The van der Waals surface area contributed by atoms with Crippen molar-refractivity contribution in [2.45, 2.75) is 33.2 Å². The van der Waals surface area contributed by atoms with Crippen LogP contribution in [0.25, 0.3) is 11.1 Å². The van der Waals surface area contributed by atoms with Gasteiger partial charge in [-0.1, -0.05) is 24.3 Å². The molecule has 0 atom stereocenters. The van der Waals surface area contributed by atoms with E-state index in [9.17, 15) is 13.6 Å². The number of aryl methyl sites for hydroxylation is 2. The zero-order valence-corrected chi connectivity index (χ0v) is 19.5. The van der Waals surface area contributed by atoms with E-state index in [1.807, 2.05) is 37.3 Å². The number of methoxy groups -OCH3 is 1. The van der Waals surface area contributed by atoms with Gasteiger partial charge in [0, 0.05) is 41.7 Å². The van der Waals surface area contributed by atoms with E-state index < -0.39 is 6.55 Å². The van der Waals surface area contributed by atoms with E-state index in [4.69, 9.17) is 4.74 Å². The van der Waals surface area contributed by atoms with Gasteiger partial charge in [0.15, 0.2) is 0 Å². The summed E-state index contributed by atoms with van der Waals surface area (Å²) in [5, 5.41) is 6.65. The Balaban J connectivity index is 1.37. The third-order valence-corrected chi connectivity index (χ3v) is 5.43. The lowest BCUT2D eigenvalue weighted by molar-refractivity contribution is -0.115. The van der Waals surface area contributed by atoms with Crippen molar-refractivity contribution < 1.29 is 18.3 Å². The molecule has 3 heterocycles.